The van der Waals surface area contributed by atoms with Crippen molar-refractivity contribution in [3.05, 3.63) is 84.1 Å². The van der Waals surface area contributed by atoms with Crippen LogP contribution < -0.4 is 15.0 Å². The fourth-order valence-electron chi connectivity index (χ4n) is 3.69. The van der Waals surface area contributed by atoms with Gasteiger partial charge in [0.2, 0.25) is 5.95 Å². The van der Waals surface area contributed by atoms with Gasteiger partial charge in [-0.05, 0) is 55.0 Å². The first kappa shape index (κ1) is 20.7. The van der Waals surface area contributed by atoms with E-state index in [1.807, 2.05) is 13.0 Å². The molecule has 0 fully saturated rings. The summed E-state index contributed by atoms with van der Waals surface area (Å²) < 4.78 is 47.9. The van der Waals surface area contributed by atoms with Crippen LogP contribution in [-0.2, 0) is 0 Å². The molecule has 2 aromatic carbocycles. The van der Waals surface area contributed by atoms with Crippen molar-refractivity contribution in [3.63, 3.8) is 0 Å². The lowest BCUT2D eigenvalue weighted by Crippen LogP contribution is -2.30. The van der Waals surface area contributed by atoms with Crippen LogP contribution in [-0.4, -0.2) is 28.1 Å². The van der Waals surface area contributed by atoms with Crippen LogP contribution in [0, 0.1) is 24.4 Å². The molecule has 0 aliphatic carbocycles. The number of halogens is 3. The molecule has 1 aliphatic heterocycles. The molecule has 6 nitrogen and oxygen atoms in total. The van der Waals surface area contributed by atoms with Crippen molar-refractivity contribution in [1.29, 1.82) is 0 Å². The molecule has 9 heteroatoms. The van der Waals surface area contributed by atoms with Gasteiger partial charge >= 0.3 is 0 Å². The Morgan fingerprint density at radius 3 is 2.58 bits per heavy atom. The fraction of sp³-hybridized carbons (Fsp3) is 0.125. The Morgan fingerprint density at radius 1 is 1.00 bits per heavy atom. The van der Waals surface area contributed by atoms with Gasteiger partial charge in [0.25, 0.3) is 0 Å². The number of aromatic nitrogens is 3. The summed E-state index contributed by atoms with van der Waals surface area (Å²) in [4.78, 5) is 14.5. The highest BCUT2D eigenvalue weighted by molar-refractivity contribution is 5.70. The number of hydrogen-bond donors (Lipinski definition) is 1. The minimum atomic E-state index is -0.689. The Bertz CT molecular complexity index is 1330. The van der Waals surface area contributed by atoms with E-state index in [0.717, 1.165) is 17.3 Å². The molecule has 0 atom stereocenters. The van der Waals surface area contributed by atoms with Crippen LogP contribution in [0.5, 0.6) is 5.75 Å². The van der Waals surface area contributed by atoms with E-state index in [1.165, 1.54) is 24.4 Å². The number of fused-ring (bicyclic) bond motifs is 1. The summed E-state index contributed by atoms with van der Waals surface area (Å²) >= 11 is 0. The monoisotopic (exact) mass is 451 g/mol. The minimum absolute atomic E-state index is 0. The second-order valence-corrected chi connectivity index (χ2v) is 7.51. The Morgan fingerprint density at radius 2 is 1.82 bits per heavy atom. The first-order valence-electron chi connectivity index (χ1n) is 10.2. The number of rotatable bonds is 4. The van der Waals surface area contributed by atoms with Crippen molar-refractivity contribution in [3.8, 4) is 16.9 Å². The second kappa shape index (κ2) is 8.42. The van der Waals surface area contributed by atoms with Gasteiger partial charge in [-0.1, -0.05) is 0 Å². The maximum absolute atomic E-state index is 14.8. The van der Waals surface area contributed by atoms with E-state index in [2.05, 4.69) is 20.3 Å². The van der Waals surface area contributed by atoms with Gasteiger partial charge in [-0.15, -0.1) is 0 Å². The van der Waals surface area contributed by atoms with Crippen LogP contribution in [0.25, 0.3) is 11.1 Å². The molecule has 33 heavy (non-hydrogen) atoms. The summed E-state index contributed by atoms with van der Waals surface area (Å²) in [5.41, 5.74) is 2.73. The Hall–Kier alpha value is -4.14. The molecule has 5 rings (SSSR count). The summed E-state index contributed by atoms with van der Waals surface area (Å²) in [6.07, 6.45) is 3.10. The molecule has 2 aromatic heterocycles. The SMILES string of the molecule is Cc1cc(-c2ccc(Nc3ncc4c(n3)N(c3cc(F)cc(F)c3)CCO4)cc2F)ccn1.[HH]. The Labute approximate surface area is 189 Å². The zero-order valence-corrected chi connectivity index (χ0v) is 17.5. The highest BCUT2D eigenvalue weighted by Crippen LogP contribution is 2.36. The summed E-state index contributed by atoms with van der Waals surface area (Å²) in [6.45, 7) is 2.50. The molecule has 0 amide bonds. The maximum atomic E-state index is 14.8. The molecule has 0 unspecified atom stereocenters. The van der Waals surface area contributed by atoms with Gasteiger partial charge in [0, 0.05) is 36.3 Å². The molecule has 1 aliphatic rings. The van der Waals surface area contributed by atoms with E-state index >= 15 is 0 Å². The van der Waals surface area contributed by atoms with Crippen molar-refractivity contribution in [2.24, 2.45) is 0 Å². The third-order valence-corrected chi connectivity index (χ3v) is 5.16. The zero-order valence-electron chi connectivity index (χ0n) is 17.5. The van der Waals surface area contributed by atoms with E-state index in [-0.39, 0.29) is 7.37 Å². The fourth-order valence-corrected chi connectivity index (χ4v) is 3.69. The maximum Gasteiger partial charge on any atom is 0.229 e. The van der Waals surface area contributed by atoms with Gasteiger partial charge in [-0.25, -0.2) is 18.2 Å². The van der Waals surface area contributed by atoms with Gasteiger partial charge in [0.15, 0.2) is 11.6 Å². The lowest BCUT2D eigenvalue weighted by atomic mass is 10.1. The average molecular weight is 451 g/mol. The van der Waals surface area contributed by atoms with Gasteiger partial charge < -0.3 is 15.0 Å². The predicted molar refractivity (Wildman–Crippen MR) is 121 cm³/mol. The van der Waals surface area contributed by atoms with E-state index in [4.69, 9.17) is 4.74 Å². The van der Waals surface area contributed by atoms with Crippen LogP contribution in [0.1, 0.15) is 7.12 Å². The predicted octanol–water partition coefficient (Wildman–Crippen LogP) is 5.78. The normalized spacial score (nSPS) is 12.8. The number of ether oxygens (including phenoxy) is 1. The first-order valence-corrected chi connectivity index (χ1v) is 10.2. The molecular weight excluding hydrogens is 431 g/mol. The number of nitrogens with one attached hydrogen (secondary N) is 1. The highest BCUT2D eigenvalue weighted by atomic mass is 19.1. The van der Waals surface area contributed by atoms with E-state index < -0.39 is 17.5 Å². The molecule has 0 radical (unpaired) electrons. The number of hydrogen-bond acceptors (Lipinski definition) is 6. The van der Waals surface area contributed by atoms with Crippen molar-refractivity contribution < 1.29 is 19.3 Å². The van der Waals surface area contributed by atoms with Gasteiger partial charge in [-0.3, -0.25) is 4.98 Å². The number of benzene rings is 2. The lowest BCUT2D eigenvalue weighted by molar-refractivity contribution is 0.310. The summed E-state index contributed by atoms with van der Waals surface area (Å²) in [7, 11) is 0. The summed E-state index contributed by atoms with van der Waals surface area (Å²) in [5, 5.41) is 2.97. The molecule has 3 heterocycles. The van der Waals surface area contributed by atoms with Crippen LogP contribution in [0.2, 0.25) is 0 Å². The van der Waals surface area contributed by atoms with Crippen molar-refractivity contribution >= 4 is 23.1 Å². The van der Waals surface area contributed by atoms with E-state index in [0.29, 0.717) is 41.7 Å². The lowest BCUT2D eigenvalue weighted by Gasteiger charge is -2.30. The van der Waals surface area contributed by atoms with Crippen molar-refractivity contribution in [2.75, 3.05) is 23.4 Å². The zero-order chi connectivity index (χ0) is 22.9. The average Bonchev–Trinajstić information content (AvgIpc) is 2.78. The molecule has 0 bridgehead atoms. The molecule has 0 saturated carbocycles. The van der Waals surface area contributed by atoms with Crippen molar-refractivity contribution in [1.82, 2.24) is 15.0 Å². The second-order valence-electron chi connectivity index (χ2n) is 7.51. The third kappa shape index (κ3) is 4.30. The van der Waals surface area contributed by atoms with E-state index in [9.17, 15) is 13.2 Å². The van der Waals surface area contributed by atoms with Crippen LogP contribution in [0.4, 0.5) is 36.3 Å². The molecular formula is C24H20F3N5O. The Kier molecular flexibility index (Phi) is 5.29. The Balaban J connectivity index is 0.00000274. The molecule has 1 N–H and O–H groups in total. The molecule has 0 spiro atoms. The van der Waals surface area contributed by atoms with E-state index in [1.54, 1.807) is 29.3 Å². The number of anilines is 4. The van der Waals surface area contributed by atoms with Crippen LogP contribution in [0.3, 0.4) is 0 Å². The van der Waals surface area contributed by atoms with Crippen LogP contribution in [0.15, 0.2) is 60.9 Å². The summed E-state index contributed by atoms with van der Waals surface area (Å²) in [5.74, 6) is -0.869. The highest BCUT2D eigenvalue weighted by Gasteiger charge is 2.23. The van der Waals surface area contributed by atoms with Gasteiger partial charge in [0.1, 0.15) is 24.1 Å². The molecule has 4 aromatic rings. The largest absolute Gasteiger partial charge is 0.486 e. The topological polar surface area (TPSA) is 63.2 Å². The van der Waals surface area contributed by atoms with Crippen LogP contribution >= 0.6 is 0 Å². The third-order valence-electron chi connectivity index (χ3n) is 5.16. The number of pyridine rings is 1. The number of nitrogens with zero attached hydrogens (tertiary/aromatic N) is 4. The summed E-state index contributed by atoms with van der Waals surface area (Å²) in [6, 6.07) is 11.5. The standard InChI is InChI=1S/C24H18F3N5O.H2/c1-14-8-15(4-5-28-14)20-3-2-18(12-21(20)27)30-24-29-13-22-23(31-24)32(6-7-33-22)19-10-16(25)9-17(26)11-19;/h2-5,8-13H,6-7H2,1H3,(H,29,30,31);1H. The number of aryl methyl sites for hydroxylation is 1. The van der Waals surface area contributed by atoms with Gasteiger partial charge in [0.05, 0.1) is 12.7 Å². The van der Waals surface area contributed by atoms with Crippen molar-refractivity contribution in [2.45, 2.75) is 6.92 Å². The first-order chi connectivity index (χ1) is 16.0. The molecule has 168 valence electrons. The van der Waals surface area contributed by atoms with Gasteiger partial charge in [-0.2, -0.15) is 4.98 Å². The minimum Gasteiger partial charge on any atom is -0.486 e. The molecule has 0 saturated heterocycles. The smallest absolute Gasteiger partial charge is 0.229 e. The quantitative estimate of drug-likeness (QED) is 0.424.